The number of carbonyl (C=O) groups excluding carboxylic acids is 1. The molecule has 0 aliphatic rings. The van der Waals surface area contributed by atoms with E-state index in [9.17, 15) is 4.79 Å². The Morgan fingerprint density at radius 2 is 2.07 bits per heavy atom. The van der Waals surface area contributed by atoms with Crippen LogP contribution >= 0.6 is 0 Å². The zero-order valence-electron chi connectivity index (χ0n) is 15.5. The summed E-state index contributed by atoms with van der Waals surface area (Å²) in [5.41, 5.74) is 2.29. The van der Waals surface area contributed by atoms with Gasteiger partial charge in [-0.05, 0) is 30.3 Å². The first-order valence-corrected chi connectivity index (χ1v) is 8.58. The van der Waals surface area contributed by atoms with Crippen LogP contribution in [-0.4, -0.2) is 39.7 Å². The SMILES string of the molecule is CCc1noc(-c2ccc(NC(=O)N[C@@H](COC)c3ccnn3C)cc2)n1. The number of amides is 2. The Balaban J connectivity index is 1.64. The van der Waals surface area contributed by atoms with Crippen molar-refractivity contribution in [2.45, 2.75) is 19.4 Å². The molecule has 1 aromatic carbocycles. The van der Waals surface area contributed by atoms with Crippen LogP contribution in [0.3, 0.4) is 0 Å². The summed E-state index contributed by atoms with van der Waals surface area (Å²) in [4.78, 5) is 16.6. The number of rotatable bonds is 7. The molecule has 9 nitrogen and oxygen atoms in total. The van der Waals surface area contributed by atoms with Gasteiger partial charge in [-0.3, -0.25) is 4.68 Å². The summed E-state index contributed by atoms with van der Waals surface area (Å²) in [5, 5.41) is 13.7. The molecule has 0 bridgehead atoms. The molecular weight excluding hydrogens is 348 g/mol. The molecule has 2 N–H and O–H groups in total. The highest BCUT2D eigenvalue weighted by Gasteiger charge is 2.17. The Bertz CT molecular complexity index is 887. The van der Waals surface area contributed by atoms with Gasteiger partial charge in [-0.25, -0.2) is 4.79 Å². The number of carbonyl (C=O) groups is 1. The molecule has 0 saturated carbocycles. The second-order valence-electron chi connectivity index (χ2n) is 5.93. The number of anilines is 1. The molecule has 0 aliphatic heterocycles. The van der Waals surface area contributed by atoms with Gasteiger partial charge in [0.2, 0.25) is 0 Å². The molecular formula is C18H22N6O3. The van der Waals surface area contributed by atoms with Gasteiger partial charge in [-0.1, -0.05) is 12.1 Å². The second-order valence-corrected chi connectivity index (χ2v) is 5.93. The molecule has 3 rings (SSSR count). The predicted molar refractivity (Wildman–Crippen MR) is 99.1 cm³/mol. The third kappa shape index (κ3) is 4.50. The summed E-state index contributed by atoms with van der Waals surface area (Å²) in [6.45, 7) is 2.30. The Morgan fingerprint density at radius 1 is 1.30 bits per heavy atom. The molecule has 2 heterocycles. The number of ether oxygens (including phenoxy) is 1. The summed E-state index contributed by atoms with van der Waals surface area (Å²) in [5.74, 6) is 1.12. The number of nitrogens with zero attached hydrogens (tertiary/aromatic N) is 4. The number of hydrogen-bond donors (Lipinski definition) is 2. The van der Waals surface area contributed by atoms with Crippen molar-refractivity contribution in [3.05, 3.63) is 48.0 Å². The van der Waals surface area contributed by atoms with Gasteiger partial charge in [0.15, 0.2) is 5.82 Å². The number of urea groups is 1. The maximum atomic E-state index is 12.4. The fourth-order valence-corrected chi connectivity index (χ4v) is 2.63. The topological polar surface area (TPSA) is 107 Å². The van der Waals surface area contributed by atoms with Crippen molar-refractivity contribution >= 4 is 11.7 Å². The van der Waals surface area contributed by atoms with E-state index in [1.165, 1.54) is 0 Å². The van der Waals surface area contributed by atoms with Gasteiger partial charge in [0.05, 0.1) is 18.3 Å². The molecule has 142 valence electrons. The molecule has 0 fully saturated rings. The molecule has 0 aliphatic carbocycles. The molecule has 1 atom stereocenters. The number of nitrogens with one attached hydrogen (secondary N) is 2. The van der Waals surface area contributed by atoms with E-state index >= 15 is 0 Å². The van der Waals surface area contributed by atoms with Crippen molar-refractivity contribution in [1.82, 2.24) is 25.2 Å². The van der Waals surface area contributed by atoms with Crippen LogP contribution in [0.2, 0.25) is 0 Å². The first-order valence-electron chi connectivity index (χ1n) is 8.58. The molecule has 27 heavy (non-hydrogen) atoms. The minimum atomic E-state index is -0.336. The zero-order valence-corrected chi connectivity index (χ0v) is 15.5. The molecule has 3 aromatic rings. The molecule has 0 unspecified atom stereocenters. The number of aromatic nitrogens is 4. The van der Waals surface area contributed by atoms with Crippen LogP contribution in [0.1, 0.15) is 24.5 Å². The van der Waals surface area contributed by atoms with E-state index < -0.39 is 0 Å². The van der Waals surface area contributed by atoms with E-state index in [0.29, 0.717) is 30.4 Å². The van der Waals surface area contributed by atoms with Gasteiger partial charge in [-0.15, -0.1) is 0 Å². The lowest BCUT2D eigenvalue weighted by molar-refractivity contribution is 0.165. The summed E-state index contributed by atoms with van der Waals surface area (Å²) < 4.78 is 12.1. The highest BCUT2D eigenvalue weighted by atomic mass is 16.5. The van der Waals surface area contributed by atoms with Crippen molar-refractivity contribution in [2.24, 2.45) is 7.05 Å². The van der Waals surface area contributed by atoms with Gasteiger partial charge in [0.25, 0.3) is 5.89 Å². The van der Waals surface area contributed by atoms with Crippen LogP contribution < -0.4 is 10.6 Å². The second kappa shape index (κ2) is 8.45. The summed E-state index contributed by atoms with van der Waals surface area (Å²) in [7, 11) is 3.40. The van der Waals surface area contributed by atoms with Crippen LogP contribution in [0.15, 0.2) is 41.1 Å². The Morgan fingerprint density at radius 3 is 2.67 bits per heavy atom. The van der Waals surface area contributed by atoms with Crippen molar-refractivity contribution in [3.8, 4) is 11.5 Å². The normalized spacial score (nSPS) is 12.0. The van der Waals surface area contributed by atoms with E-state index in [2.05, 4.69) is 25.9 Å². The van der Waals surface area contributed by atoms with Gasteiger partial charge in [0.1, 0.15) is 0 Å². The van der Waals surface area contributed by atoms with Gasteiger partial charge in [0, 0.05) is 38.0 Å². The molecule has 0 spiro atoms. The molecule has 2 amide bonds. The maximum absolute atomic E-state index is 12.4. The summed E-state index contributed by atoms with van der Waals surface area (Å²) >= 11 is 0. The third-order valence-corrected chi connectivity index (χ3v) is 4.03. The van der Waals surface area contributed by atoms with Crippen molar-refractivity contribution < 1.29 is 14.1 Å². The maximum Gasteiger partial charge on any atom is 0.319 e. The fraction of sp³-hybridized carbons (Fsp3) is 0.333. The van der Waals surface area contributed by atoms with Crippen LogP contribution in [-0.2, 0) is 18.2 Å². The molecule has 9 heteroatoms. The van der Waals surface area contributed by atoms with E-state index in [1.54, 1.807) is 30.1 Å². The quantitative estimate of drug-likeness (QED) is 0.662. The van der Waals surface area contributed by atoms with E-state index in [1.807, 2.05) is 32.2 Å². The van der Waals surface area contributed by atoms with Crippen LogP contribution in [0.4, 0.5) is 10.5 Å². The lowest BCUT2D eigenvalue weighted by atomic mass is 10.2. The lowest BCUT2D eigenvalue weighted by Crippen LogP contribution is -2.35. The number of benzene rings is 1. The Labute approximate surface area is 156 Å². The van der Waals surface area contributed by atoms with Gasteiger partial charge in [-0.2, -0.15) is 10.1 Å². The van der Waals surface area contributed by atoms with E-state index in [4.69, 9.17) is 9.26 Å². The standard InChI is InChI=1S/C18H22N6O3/c1-4-16-22-17(27-23-16)12-5-7-13(8-6-12)20-18(25)21-14(11-26-3)15-9-10-19-24(15)2/h5-10,14H,4,11H2,1-3H3,(H2,20,21,25)/t14-/m0/s1. The predicted octanol–water partition coefficient (Wildman–Crippen LogP) is 2.54. The van der Waals surface area contributed by atoms with Crippen molar-refractivity contribution in [3.63, 3.8) is 0 Å². The van der Waals surface area contributed by atoms with E-state index in [0.717, 1.165) is 11.3 Å². The smallest absolute Gasteiger partial charge is 0.319 e. The average Bonchev–Trinajstić information content (AvgIpc) is 3.31. The number of aryl methyl sites for hydroxylation is 2. The molecule has 2 aromatic heterocycles. The fourth-order valence-electron chi connectivity index (χ4n) is 2.63. The van der Waals surface area contributed by atoms with Gasteiger partial charge < -0.3 is 19.9 Å². The van der Waals surface area contributed by atoms with Crippen LogP contribution in [0.25, 0.3) is 11.5 Å². The van der Waals surface area contributed by atoms with Gasteiger partial charge >= 0.3 is 6.03 Å². The molecule has 0 radical (unpaired) electrons. The zero-order chi connectivity index (χ0) is 19.2. The lowest BCUT2D eigenvalue weighted by Gasteiger charge is -2.18. The van der Waals surface area contributed by atoms with E-state index in [-0.39, 0.29) is 12.1 Å². The average molecular weight is 370 g/mol. The van der Waals surface area contributed by atoms with Crippen LogP contribution in [0.5, 0.6) is 0 Å². The monoisotopic (exact) mass is 370 g/mol. The van der Waals surface area contributed by atoms with Crippen LogP contribution in [0, 0.1) is 0 Å². The highest BCUT2D eigenvalue weighted by molar-refractivity contribution is 5.89. The van der Waals surface area contributed by atoms with Crippen molar-refractivity contribution in [2.75, 3.05) is 19.0 Å². The minimum absolute atomic E-state index is 0.312. The summed E-state index contributed by atoms with van der Waals surface area (Å²) in [6.07, 6.45) is 2.39. The Hall–Kier alpha value is -3.20. The number of methoxy groups -OCH3 is 1. The third-order valence-electron chi connectivity index (χ3n) is 4.03. The largest absolute Gasteiger partial charge is 0.382 e. The minimum Gasteiger partial charge on any atom is -0.382 e. The summed E-state index contributed by atoms with van der Waals surface area (Å²) in [6, 6.07) is 8.38. The van der Waals surface area contributed by atoms with Crippen molar-refractivity contribution in [1.29, 1.82) is 0 Å². The number of hydrogen-bond acceptors (Lipinski definition) is 6. The highest BCUT2D eigenvalue weighted by Crippen LogP contribution is 2.20. The Kier molecular flexibility index (Phi) is 5.82. The first kappa shape index (κ1) is 18.6. The first-order chi connectivity index (χ1) is 13.1. The molecule has 0 saturated heterocycles.